The molecule has 0 radical (unpaired) electrons. The Labute approximate surface area is 549 Å². The van der Waals surface area contributed by atoms with Crippen molar-refractivity contribution < 1.29 is 80.2 Å². The van der Waals surface area contributed by atoms with E-state index in [1.807, 2.05) is 0 Å². The highest BCUT2D eigenvalue weighted by molar-refractivity contribution is 7.47. The van der Waals surface area contributed by atoms with Gasteiger partial charge in [0, 0.05) is 25.7 Å². The lowest BCUT2D eigenvalue weighted by molar-refractivity contribution is -0.161. The maximum atomic E-state index is 13.0. The van der Waals surface area contributed by atoms with E-state index in [9.17, 15) is 43.2 Å². The van der Waals surface area contributed by atoms with Crippen LogP contribution >= 0.6 is 15.6 Å². The van der Waals surface area contributed by atoms with E-state index >= 15 is 0 Å². The molecule has 0 fully saturated rings. The average Bonchev–Trinajstić information content (AvgIpc) is 3.62. The standard InChI is InChI=1S/C71H138O17P2/c1-8-9-10-11-12-13-14-15-16-17-18-19-20-21-22-23-32-40-47-54-70(75)87-66(58-81-68(73)52-45-38-31-25-24-28-35-42-49-62(2)3)60-85-89(77,78)83-56-65(72)57-84-90(79,80)86-61-67(88-71(76)55-48-41-34-27-30-37-44-51-64(6)7)59-82-69(74)53-46-39-33-26-29-36-43-50-63(4)5/h62-67,72H,8-61H2,1-7H3,(H,77,78)(H,79,80)/t65-,66-,67-/m1/s1. The molecule has 0 saturated carbocycles. The highest BCUT2D eigenvalue weighted by Gasteiger charge is 2.30. The largest absolute Gasteiger partial charge is 0.472 e. The summed E-state index contributed by atoms with van der Waals surface area (Å²) in [6.45, 7) is 11.7. The Balaban J connectivity index is 5.20. The van der Waals surface area contributed by atoms with Crippen LogP contribution in [0.3, 0.4) is 0 Å². The van der Waals surface area contributed by atoms with Gasteiger partial charge in [0.25, 0.3) is 0 Å². The van der Waals surface area contributed by atoms with Crippen LogP contribution in [0.5, 0.6) is 0 Å². The zero-order valence-electron chi connectivity index (χ0n) is 58.6. The Kier molecular flexibility index (Phi) is 60.6. The minimum absolute atomic E-state index is 0.102. The second-order valence-electron chi connectivity index (χ2n) is 27.1. The Hall–Kier alpha value is -1.94. The molecular formula is C71H138O17P2. The molecule has 2 unspecified atom stereocenters. The summed E-state index contributed by atoms with van der Waals surface area (Å²) >= 11 is 0. The van der Waals surface area contributed by atoms with Gasteiger partial charge in [-0.1, -0.05) is 305 Å². The minimum atomic E-state index is -4.95. The SMILES string of the molecule is CCCCCCCCCCCCCCCCCCCCCC(=O)O[C@H](COC(=O)CCCCCCCCCCC(C)C)COP(=O)(O)OC[C@@H](O)COP(=O)(O)OC[C@@H](COC(=O)CCCCCCCCCC(C)C)OC(=O)CCCCCCCCCC(C)C. The van der Waals surface area contributed by atoms with Crippen LogP contribution < -0.4 is 0 Å². The van der Waals surface area contributed by atoms with Gasteiger partial charge >= 0.3 is 39.5 Å². The molecule has 0 aromatic carbocycles. The lowest BCUT2D eigenvalue weighted by Crippen LogP contribution is -2.30. The summed E-state index contributed by atoms with van der Waals surface area (Å²) in [7, 11) is -9.90. The van der Waals surface area contributed by atoms with Gasteiger partial charge in [-0.25, -0.2) is 9.13 Å². The molecule has 0 aliphatic rings. The highest BCUT2D eigenvalue weighted by Crippen LogP contribution is 2.45. The lowest BCUT2D eigenvalue weighted by Gasteiger charge is -2.21. The van der Waals surface area contributed by atoms with Gasteiger partial charge in [-0.3, -0.25) is 37.3 Å². The zero-order chi connectivity index (χ0) is 66.6. The first-order valence-corrected chi connectivity index (χ1v) is 39.8. The molecule has 3 N–H and O–H groups in total. The number of hydrogen-bond donors (Lipinski definition) is 3. The van der Waals surface area contributed by atoms with Crippen molar-refractivity contribution in [1.29, 1.82) is 0 Å². The summed E-state index contributed by atoms with van der Waals surface area (Å²) in [5.74, 6) is -0.00281. The summed E-state index contributed by atoms with van der Waals surface area (Å²) in [5.41, 5.74) is 0. The van der Waals surface area contributed by atoms with E-state index in [1.165, 1.54) is 161 Å². The first kappa shape index (κ1) is 88.1. The number of esters is 4. The molecule has 0 rings (SSSR count). The molecule has 0 amide bonds. The molecule has 90 heavy (non-hydrogen) atoms. The third-order valence-corrected chi connectivity index (χ3v) is 18.3. The van der Waals surface area contributed by atoms with Crippen LogP contribution in [0.4, 0.5) is 0 Å². The van der Waals surface area contributed by atoms with Crippen molar-refractivity contribution in [1.82, 2.24) is 0 Å². The quantitative estimate of drug-likeness (QED) is 0.0222. The molecule has 5 atom stereocenters. The number of ether oxygens (including phenoxy) is 4. The first-order valence-electron chi connectivity index (χ1n) is 36.8. The van der Waals surface area contributed by atoms with E-state index in [-0.39, 0.29) is 25.7 Å². The molecule has 0 spiro atoms. The number of phosphoric acid groups is 2. The van der Waals surface area contributed by atoms with Crippen molar-refractivity contribution >= 4 is 39.5 Å². The molecule has 17 nitrogen and oxygen atoms in total. The molecular weight excluding hydrogens is 1190 g/mol. The van der Waals surface area contributed by atoms with Crippen LogP contribution in [0, 0.1) is 17.8 Å². The molecule has 0 aliphatic carbocycles. The van der Waals surface area contributed by atoms with Crippen molar-refractivity contribution in [3.8, 4) is 0 Å². The van der Waals surface area contributed by atoms with E-state index in [2.05, 4.69) is 48.5 Å². The Bertz CT molecular complexity index is 1770. The third kappa shape index (κ3) is 64.8. The fourth-order valence-corrected chi connectivity index (χ4v) is 12.3. The summed E-state index contributed by atoms with van der Waals surface area (Å²) < 4.78 is 68.2. The summed E-state index contributed by atoms with van der Waals surface area (Å²) in [5, 5.41) is 10.6. The second-order valence-corrected chi connectivity index (χ2v) is 30.0. The van der Waals surface area contributed by atoms with E-state index < -0.39 is 97.5 Å². The summed E-state index contributed by atoms with van der Waals surface area (Å²) in [6.07, 6.45) is 46.2. The fraction of sp³-hybridized carbons (Fsp3) is 0.944. The number of unbranched alkanes of at least 4 members (excludes halogenated alkanes) is 37. The van der Waals surface area contributed by atoms with Crippen molar-refractivity contribution in [3.63, 3.8) is 0 Å². The van der Waals surface area contributed by atoms with Crippen LogP contribution in [0.2, 0.25) is 0 Å². The normalized spacial score (nSPS) is 14.2. The molecule has 0 heterocycles. The van der Waals surface area contributed by atoms with Crippen LogP contribution in [0.1, 0.15) is 357 Å². The van der Waals surface area contributed by atoms with Gasteiger partial charge in [0.05, 0.1) is 26.4 Å². The highest BCUT2D eigenvalue weighted by atomic mass is 31.2. The van der Waals surface area contributed by atoms with Crippen molar-refractivity contribution in [2.45, 2.75) is 375 Å². The van der Waals surface area contributed by atoms with Crippen LogP contribution in [0.25, 0.3) is 0 Å². The van der Waals surface area contributed by atoms with E-state index in [1.54, 1.807) is 0 Å². The monoisotopic (exact) mass is 1320 g/mol. The van der Waals surface area contributed by atoms with E-state index in [0.29, 0.717) is 37.5 Å². The van der Waals surface area contributed by atoms with Gasteiger partial charge in [0.2, 0.25) is 0 Å². The van der Waals surface area contributed by atoms with Crippen LogP contribution in [-0.4, -0.2) is 96.7 Å². The number of hydrogen-bond acceptors (Lipinski definition) is 15. The van der Waals surface area contributed by atoms with Crippen molar-refractivity contribution in [3.05, 3.63) is 0 Å². The molecule has 0 aromatic rings. The summed E-state index contributed by atoms with van der Waals surface area (Å²) in [4.78, 5) is 72.5. The molecule has 0 bridgehead atoms. The van der Waals surface area contributed by atoms with Crippen LogP contribution in [-0.2, 0) is 65.4 Å². The number of aliphatic hydroxyl groups is 1. The minimum Gasteiger partial charge on any atom is -0.462 e. The maximum absolute atomic E-state index is 13.0. The third-order valence-electron chi connectivity index (χ3n) is 16.4. The molecule has 0 aromatic heterocycles. The maximum Gasteiger partial charge on any atom is 0.472 e. The second kappa shape index (κ2) is 61.9. The van der Waals surface area contributed by atoms with Gasteiger partial charge in [0.15, 0.2) is 12.2 Å². The topological polar surface area (TPSA) is 237 Å². The van der Waals surface area contributed by atoms with E-state index in [4.69, 9.17) is 37.0 Å². The van der Waals surface area contributed by atoms with Gasteiger partial charge in [-0.05, 0) is 43.4 Å². The molecule has 19 heteroatoms. The smallest absolute Gasteiger partial charge is 0.462 e. The molecule has 0 saturated heterocycles. The van der Waals surface area contributed by atoms with E-state index in [0.717, 1.165) is 102 Å². The van der Waals surface area contributed by atoms with Crippen molar-refractivity contribution in [2.75, 3.05) is 39.6 Å². The van der Waals surface area contributed by atoms with Crippen LogP contribution in [0.15, 0.2) is 0 Å². The number of carbonyl (C=O) groups is 4. The molecule has 0 aliphatic heterocycles. The predicted molar refractivity (Wildman–Crippen MR) is 363 cm³/mol. The Morgan fingerprint density at radius 1 is 0.300 bits per heavy atom. The number of rotatable bonds is 69. The Morgan fingerprint density at radius 2 is 0.511 bits per heavy atom. The number of carbonyl (C=O) groups excluding carboxylic acids is 4. The Morgan fingerprint density at radius 3 is 0.756 bits per heavy atom. The van der Waals surface area contributed by atoms with Gasteiger partial charge in [0.1, 0.15) is 19.3 Å². The van der Waals surface area contributed by atoms with Gasteiger partial charge in [-0.15, -0.1) is 0 Å². The zero-order valence-corrected chi connectivity index (χ0v) is 60.4. The predicted octanol–water partition coefficient (Wildman–Crippen LogP) is 20.2. The fourth-order valence-electron chi connectivity index (χ4n) is 10.7. The van der Waals surface area contributed by atoms with Gasteiger partial charge in [-0.2, -0.15) is 0 Å². The lowest BCUT2D eigenvalue weighted by atomic mass is 10.0. The van der Waals surface area contributed by atoms with Crippen molar-refractivity contribution in [2.24, 2.45) is 17.8 Å². The van der Waals surface area contributed by atoms with Gasteiger partial charge < -0.3 is 33.8 Å². The first-order chi connectivity index (χ1) is 43.2. The average molecular weight is 1330 g/mol. The summed E-state index contributed by atoms with van der Waals surface area (Å²) in [6, 6.07) is 0. The number of phosphoric ester groups is 2. The molecule has 534 valence electrons. The number of aliphatic hydroxyl groups excluding tert-OH is 1.